The maximum atomic E-state index is 13.1. The van der Waals surface area contributed by atoms with Gasteiger partial charge in [0.25, 0.3) is 0 Å². The molecule has 1 aromatic heterocycles. The highest BCUT2D eigenvalue weighted by molar-refractivity contribution is 6.42. The molecular weight excluding hydrogens is 482 g/mol. The number of pyridine rings is 1. The number of rotatable bonds is 9. The summed E-state index contributed by atoms with van der Waals surface area (Å²) < 4.78 is 13.1. The third kappa shape index (κ3) is 7.41. The molecule has 10 heteroatoms. The van der Waals surface area contributed by atoms with Gasteiger partial charge in [-0.25, -0.2) is 9.37 Å². The lowest BCUT2D eigenvalue weighted by molar-refractivity contribution is -0.134. The first kappa shape index (κ1) is 25.4. The minimum Gasteiger partial charge on any atom is -0.384 e. The molecule has 0 aliphatic heterocycles. The first-order valence-corrected chi connectivity index (χ1v) is 11.1. The second-order valence-electron chi connectivity index (χ2n) is 7.67. The van der Waals surface area contributed by atoms with Crippen LogP contribution >= 0.6 is 23.2 Å². The van der Waals surface area contributed by atoms with Gasteiger partial charge in [0.15, 0.2) is 0 Å². The van der Waals surface area contributed by atoms with Gasteiger partial charge in [-0.15, -0.1) is 0 Å². The average molecular weight is 505 g/mol. The molecule has 0 unspecified atom stereocenters. The standard InChI is InChI=1S/C24H23Cl2FN4O3/c25-18-7-3-15(9-19(18)26)10-20(23(33)30-13-16-4-8-22(28)29-12-16)31-24(34)21(32)11-14-1-5-17(27)6-2-14/h1-9,12,20-21,32H,10-11,13H2,(H2,28,29)(H,30,33)(H,31,34)/t20-,21+/m0/s1. The first-order valence-electron chi connectivity index (χ1n) is 10.4. The Labute approximate surface area is 206 Å². The number of benzene rings is 2. The van der Waals surface area contributed by atoms with Crippen LogP contribution in [0.2, 0.25) is 10.0 Å². The zero-order valence-electron chi connectivity index (χ0n) is 18.0. The van der Waals surface area contributed by atoms with E-state index in [1.54, 1.807) is 30.3 Å². The molecule has 2 amide bonds. The van der Waals surface area contributed by atoms with Gasteiger partial charge in [0.1, 0.15) is 23.8 Å². The molecule has 2 aromatic carbocycles. The molecule has 3 rings (SSSR count). The third-order valence-corrected chi connectivity index (χ3v) is 5.76. The minimum absolute atomic E-state index is 0.0374. The van der Waals surface area contributed by atoms with Crippen LogP contribution in [0.4, 0.5) is 10.2 Å². The summed E-state index contributed by atoms with van der Waals surface area (Å²) in [5.74, 6) is -1.27. The Bertz CT molecular complexity index is 1140. The van der Waals surface area contributed by atoms with Crippen molar-refractivity contribution in [3.05, 3.63) is 93.3 Å². The van der Waals surface area contributed by atoms with Crippen LogP contribution in [0.5, 0.6) is 0 Å². The first-order chi connectivity index (χ1) is 16.2. The van der Waals surface area contributed by atoms with Crippen LogP contribution in [-0.2, 0) is 29.0 Å². The number of carbonyl (C=O) groups is 2. The van der Waals surface area contributed by atoms with Crippen molar-refractivity contribution < 1.29 is 19.1 Å². The van der Waals surface area contributed by atoms with E-state index in [-0.39, 0.29) is 19.4 Å². The lowest BCUT2D eigenvalue weighted by atomic mass is 10.0. The number of nitrogens with one attached hydrogen (secondary N) is 2. The predicted molar refractivity (Wildman–Crippen MR) is 129 cm³/mol. The summed E-state index contributed by atoms with van der Waals surface area (Å²) in [6, 6.07) is 12.7. The quantitative estimate of drug-likeness (QED) is 0.357. The summed E-state index contributed by atoms with van der Waals surface area (Å²) in [4.78, 5) is 29.6. The molecule has 0 saturated carbocycles. The number of carbonyl (C=O) groups excluding carboxylic acids is 2. The minimum atomic E-state index is -1.43. The summed E-state index contributed by atoms with van der Waals surface area (Å²) >= 11 is 12.1. The van der Waals surface area contributed by atoms with Crippen LogP contribution < -0.4 is 16.4 Å². The van der Waals surface area contributed by atoms with Crippen molar-refractivity contribution in [2.24, 2.45) is 0 Å². The smallest absolute Gasteiger partial charge is 0.249 e. The fourth-order valence-corrected chi connectivity index (χ4v) is 3.49. The van der Waals surface area contributed by atoms with Crippen molar-refractivity contribution >= 4 is 40.8 Å². The fourth-order valence-electron chi connectivity index (χ4n) is 3.17. The van der Waals surface area contributed by atoms with E-state index in [0.717, 1.165) is 5.56 Å². The molecule has 0 aliphatic carbocycles. The second-order valence-corrected chi connectivity index (χ2v) is 8.48. The van der Waals surface area contributed by atoms with E-state index in [2.05, 4.69) is 15.6 Å². The molecule has 0 spiro atoms. The monoisotopic (exact) mass is 504 g/mol. The molecule has 7 nitrogen and oxygen atoms in total. The highest BCUT2D eigenvalue weighted by Crippen LogP contribution is 2.23. The summed E-state index contributed by atoms with van der Waals surface area (Å²) in [6.07, 6.45) is 0.173. The fraction of sp³-hybridized carbons (Fsp3) is 0.208. The van der Waals surface area contributed by atoms with Gasteiger partial charge in [-0.05, 0) is 47.0 Å². The zero-order chi connectivity index (χ0) is 24.7. The summed E-state index contributed by atoms with van der Waals surface area (Å²) in [5.41, 5.74) is 7.54. The van der Waals surface area contributed by atoms with E-state index in [1.807, 2.05) is 0 Å². The van der Waals surface area contributed by atoms with E-state index >= 15 is 0 Å². The van der Waals surface area contributed by atoms with E-state index in [9.17, 15) is 19.1 Å². The van der Waals surface area contributed by atoms with Crippen molar-refractivity contribution in [2.45, 2.75) is 31.5 Å². The third-order valence-electron chi connectivity index (χ3n) is 5.02. The predicted octanol–water partition coefficient (Wildman–Crippen LogP) is 3.06. The largest absolute Gasteiger partial charge is 0.384 e. The van der Waals surface area contributed by atoms with Gasteiger partial charge < -0.3 is 21.5 Å². The molecule has 0 saturated heterocycles. The summed E-state index contributed by atoms with van der Waals surface area (Å²) in [7, 11) is 0. The van der Waals surface area contributed by atoms with Gasteiger partial charge in [0.2, 0.25) is 11.8 Å². The van der Waals surface area contributed by atoms with Crippen LogP contribution in [0.15, 0.2) is 60.8 Å². The summed E-state index contributed by atoms with van der Waals surface area (Å²) in [6.45, 7) is 0.165. The normalized spacial score (nSPS) is 12.6. The molecule has 34 heavy (non-hydrogen) atoms. The Kier molecular flexibility index (Phi) is 8.81. The van der Waals surface area contributed by atoms with E-state index in [1.165, 1.54) is 30.5 Å². The van der Waals surface area contributed by atoms with Crippen LogP contribution in [0.1, 0.15) is 16.7 Å². The average Bonchev–Trinajstić information content (AvgIpc) is 2.81. The van der Waals surface area contributed by atoms with E-state index in [4.69, 9.17) is 28.9 Å². The maximum Gasteiger partial charge on any atom is 0.249 e. The zero-order valence-corrected chi connectivity index (χ0v) is 19.5. The molecule has 178 valence electrons. The van der Waals surface area contributed by atoms with Crippen molar-refractivity contribution in [2.75, 3.05) is 5.73 Å². The summed E-state index contributed by atoms with van der Waals surface area (Å²) in [5, 5.41) is 16.4. The molecule has 0 fully saturated rings. The second kappa shape index (κ2) is 11.8. The van der Waals surface area contributed by atoms with E-state index < -0.39 is 29.8 Å². The topological polar surface area (TPSA) is 117 Å². The van der Waals surface area contributed by atoms with Gasteiger partial charge in [-0.2, -0.15) is 0 Å². The highest BCUT2D eigenvalue weighted by atomic mass is 35.5. The van der Waals surface area contributed by atoms with Crippen molar-refractivity contribution in [3.63, 3.8) is 0 Å². The van der Waals surface area contributed by atoms with E-state index in [0.29, 0.717) is 27.0 Å². The number of aliphatic hydroxyl groups excluding tert-OH is 1. The number of nitrogen functional groups attached to an aromatic ring is 1. The van der Waals surface area contributed by atoms with Crippen molar-refractivity contribution in [3.8, 4) is 0 Å². The molecule has 0 bridgehead atoms. The Hall–Kier alpha value is -3.20. The number of hydrogen-bond donors (Lipinski definition) is 4. The number of anilines is 1. The Morgan fingerprint density at radius 1 is 0.941 bits per heavy atom. The number of halogens is 3. The highest BCUT2D eigenvalue weighted by Gasteiger charge is 2.25. The number of aromatic nitrogens is 1. The van der Waals surface area contributed by atoms with Crippen LogP contribution in [0, 0.1) is 5.82 Å². The number of amides is 2. The molecular formula is C24H23Cl2FN4O3. The van der Waals surface area contributed by atoms with Gasteiger partial charge in [0.05, 0.1) is 10.0 Å². The Morgan fingerprint density at radius 3 is 2.26 bits per heavy atom. The van der Waals surface area contributed by atoms with Gasteiger partial charge >= 0.3 is 0 Å². The SMILES string of the molecule is Nc1ccc(CNC(=O)[C@H](Cc2ccc(Cl)c(Cl)c2)NC(=O)[C@H](O)Cc2ccc(F)cc2)cn1. The number of nitrogens with zero attached hydrogens (tertiary/aromatic N) is 1. The number of aliphatic hydroxyl groups is 1. The Balaban J connectivity index is 1.70. The lowest BCUT2D eigenvalue weighted by Crippen LogP contribution is -2.51. The molecule has 0 aliphatic rings. The van der Waals surface area contributed by atoms with Gasteiger partial charge in [-0.1, -0.05) is 47.5 Å². The molecule has 0 radical (unpaired) electrons. The van der Waals surface area contributed by atoms with Crippen LogP contribution in [0.25, 0.3) is 0 Å². The lowest BCUT2D eigenvalue weighted by Gasteiger charge is -2.21. The number of nitrogens with two attached hydrogens (primary N) is 1. The van der Waals surface area contributed by atoms with Gasteiger partial charge in [-0.3, -0.25) is 9.59 Å². The van der Waals surface area contributed by atoms with Crippen molar-refractivity contribution in [1.82, 2.24) is 15.6 Å². The Morgan fingerprint density at radius 2 is 1.62 bits per heavy atom. The van der Waals surface area contributed by atoms with Crippen molar-refractivity contribution in [1.29, 1.82) is 0 Å². The molecule has 3 aromatic rings. The van der Waals surface area contributed by atoms with Crippen LogP contribution in [0.3, 0.4) is 0 Å². The van der Waals surface area contributed by atoms with Gasteiger partial charge in [0, 0.05) is 25.6 Å². The maximum absolute atomic E-state index is 13.1. The van der Waals surface area contributed by atoms with Crippen LogP contribution in [-0.4, -0.2) is 34.1 Å². The molecule has 1 heterocycles. The number of hydrogen-bond acceptors (Lipinski definition) is 5. The molecule has 2 atom stereocenters. The molecule has 5 N–H and O–H groups in total.